The second-order valence-electron chi connectivity index (χ2n) is 7.89. The minimum Gasteiger partial charge on any atom is -0.397 e. The number of benzene rings is 1. The number of nitrogens with two attached hydrogens (primary N) is 2. The van der Waals surface area contributed by atoms with E-state index < -0.39 is 5.91 Å². The highest BCUT2D eigenvalue weighted by atomic mass is 16.1. The summed E-state index contributed by atoms with van der Waals surface area (Å²) in [7, 11) is 0. The van der Waals surface area contributed by atoms with Crippen LogP contribution in [-0.2, 0) is 0 Å². The van der Waals surface area contributed by atoms with E-state index in [1.54, 1.807) is 18.2 Å². The van der Waals surface area contributed by atoms with Crippen molar-refractivity contribution in [2.45, 2.75) is 53.0 Å². The van der Waals surface area contributed by atoms with Gasteiger partial charge in [-0.25, -0.2) is 0 Å². The molecule has 1 aromatic carbocycles. The third-order valence-corrected chi connectivity index (χ3v) is 4.27. The van der Waals surface area contributed by atoms with Crippen molar-refractivity contribution in [1.29, 1.82) is 0 Å². The van der Waals surface area contributed by atoms with Gasteiger partial charge in [-0.05, 0) is 42.2 Å². The normalized spacial score (nSPS) is 21.0. The van der Waals surface area contributed by atoms with Crippen LogP contribution in [0.15, 0.2) is 18.2 Å². The number of hydrogen-bond donors (Lipinski definition) is 3. The summed E-state index contributed by atoms with van der Waals surface area (Å²) >= 11 is 0. The first-order valence-electron chi connectivity index (χ1n) is 7.54. The molecule has 21 heavy (non-hydrogen) atoms. The van der Waals surface area contributed by atoms with Crippen molar-refractivity contribution in [3.05, 3.63) is 23.8 Å². The van der Waals surface area contributed by atoms with E-state index in [2.05, 4.69) is 33.0 Å². The molecule has 1 amide bonds. The van der Waals surface area contributed by atoms with Crippen LogP contribution in [0.1, 0.15) is 57.3 Å². The highest BCUT2D eigenvalue weighted by molar-refractivity contribution is 6.01. The summed E-state index contributed by atoms with van der Waals surface area (Å²) in [6.07, 6.45) is 3.32. The Balaban J connectivity index is 2.28. The van der Waals surface area contributed by atoms with E-state index in [4.69, 9.17) is 11.5 Å². The fourth-order valence-electron chi connectivity index (χ4n) is 4.09. The van der Waals surface area contributed by atoms with E-state index in [1.807, 2.05) is 0 Å². The number of hydrogen-bond acceptors (Lipinski definition) is 3. The number of nitrogen functional groups attached to an aromatic ring is 1. The minimum absolute atomic E-state index is 0.274. The van der Waals surface area contributed by atoms with Crippen LogP contribution in [0.25, 0.3) is 0 Å². The molecular formula is C17H27N3O. The molecule has 1 fully saturated rings. The van der Waals surface area contributed by atoms with Gasteiger partial charge in [-0.15, -0.1) is 0 Å². The quantitative estimate of drug-likeness (QED) is 0.746. The molecule has 4 nitrogen and oxygen atoms in total. The standard InChI is InChI=1S/C17H27N3O/c1-16(2)8-11(9-17(3,4)10-16)20-14-12(15(19)21)6-5-7-13(14)18/h5-7,11,20H,8-10,18H2,1-4H3,(H2,19,21). The Morgan fingerprint density at radius 2 is 1.76 bits per heavy atom. The fourth-order valence-corrected chi connectivity index (χ4v) is 4.09. The van der Waals surface area contributed by atoms with E-state index in [0.717, 1.165) is 12.8 Å². The zero-order valence-electron chi connectivity index (χ0n) is 13.5. The summed E-state index contributed by atoms with van der Waals surface area (Å²) in [6, 6.07) is 5.58. The molecule has 116 valence electrons. The van der Waals surface area contributed by atoms with Gasteiger partial charge >= 0.3 is 0 Å². The predicted molar refractivity (Wildman–Crippen MR) is 88.2 cm³/mol. The first kappa shape index (κ1) is 15.7. The Bertz CT molecular complexity index is 533. The number of primary amides is 1. The molecule has 0 radical (unpaired) electrons. The molecule has 4 heteroatoms. The molecule has 0 heterocycles. The van der Waals surface area contributed by atoms with Gasteiger partial charge in [-0.2, -0.15) is 0 Å². The molecule has 5 N–H and O–H groups in total. The smallest absolute Gasteiger partial charge is 0.250 e. The van der Waals surface area contributed by atoms with Crippen LogP contribution in [0.5, 0.6) is 0 Å². The molecular weight excluding hydrogens is 262 g/mol. The van der Waals surface area contributed by atoms with E-state index >= 15 is 0 Å². The number of carbonyl (C=O) groups excluding carboxylic acids is 1. The van der Waals surface area contributed by atoms with Crippen LogP contribution in [0.3, 0.4) is 0 Å². The number of rotatable bonds is 3. The van der Waals surface area contributed by atoms with E-state index in [-0.39, 0.29) is 10.8 Å². The molecule has 0 bridgehead atoms. The number of nitrogens with one attached hydrogen (secondary N) is 1. The lowest BCUT2D eigenvalue weighted by molar-refractivity contribution is 0.1000. The van der Waals surface area contributed by atoms with Gasteiger partial charge in [0.1, 0.15) is 0 Å². The highest BCUT2D eigenvalue weighted by Crippen LogP contribution is 2.46. The molecule has 2 rings (SSSR count). The summed E-state index contributed by atoms with van der Waals surface area (Å²) in [5.41, 5.74) is 13.8. The minimum atomic E-state index is -0.445. The number of para-hydroxylation sites is 1. The maximum absolute atomic E-state index is 11.6. The zero-order chi connectivity index (χ0) is 15.8. The third-order valence-electron chi connectivity index (χ3n) is 4.27. The molecule has 1 aliphatic carbocycles. The van der Waals surface area contributed by atoms with Crippen LogP contribution in [0.4, 0.5) is 11.4 Å². The van der Waals surface area contributed by atoms with Crippen LogP contribution in [0.2, 0.25) is 0 Å². The maximum Gasteiger partial charge on any atom is 0.250 e. The molecule has 1 aromatic rings. The first-order valence-corrected chi connectivity index (χ1v) is 7.54. The summed E-state index contributed by atoms with van der Waals surface area (Å²) in [5.74, 6) is -0.445. The van der Waals surface area contributed by atoms with Gasteiger partial charge in [0.2, 0.25) is 0 Å². The molecule has 0 aliphatic heterocycles. The molecule has 0 unspecified atom stereocenters. The first-order chi connectivity index (χ1) is 9.60. The van der Waals surface area contributed by atoms with Gasteiger partial charge in [0.05, 0.1) is 16.9 Å². The second-order valence-corrected chi connectivity index (χ2v) is 7.89. The van der Waals surface area contributed by atoms with Gasteiger partial charge in [0.15, 0.2) is 0 Å². The van der Waals surface area contributed by atoms with Gasteiger partial charge in [0, 0.05) is 6.04 Å². The Labute approximate surface area is 127 Å². The molecule has 1 aliphatic rings. The fraction of sp³-hybridized carbons (Fsp3) is 0.588. The largest absolute Gasteiger partial charge is 0.397 e. The zero-order valence-corrected chi connectivity index (χ0v) is 13.5. The van der Waals surface area contributed by atoms with Crippen LogP contribution < -0.4 is 16.8 Å². The number of amides is 1. The summed E-state index contributed by atoms with van der Waals surface area (Å²) < 4.78 is 0. The monoisotopic (exact) mass is 289 g/mol. The van der Waals surface area contributed by atoms with E-state index in [0.29, 0.717) is 23.0 Å². The summed E-state index contributed by atoms with van der Waals surface area (Å²) in [6.45, 7) is 9.19. The van der Waals surface area contributed by atoms with Crippen LogP contribution in [-0.4, -0.2) is 11.9 Å². The number of carbonyl (C=O) groups is 1. The summed E-state index contributed by atoms with van der Waals surface area (Å²) in [5, 5.41) is 3.48. The summed E-state index contributed by atoms with van der Waals surface area (Å²) in [4.78, 5) is 11.6. The molecule has 0 aromatic heterocycles. The average molecular weight is 289 g/mol. The highest BCUT2D eigenvalue weighted by Gasteiger charge is 2.38. The second kappa shape index (κ2) is 5.24. The maximum atomic E-state index is 11.6. The van der Waals surface area contributed by atoms with E-state index in [1.165, 1.54) is 6.42 Å². The molecule has 0 spiro atoms. The lowest BCUT2D eigenvalue weighted by Gasteiger charge is -2.45. The van der Waals surface area contributed by atoms with Crippen molar-refractivity contribution in [2.24, 2.45) is 16.6 Å². The Morgan fingerprint density at radius 3 is 2.29 bits per heavy atom. The molecule has 0 saturated heterocycles. The molecule has 1 saturated carbocycles. The van der Waals surface area contributed by atoms with Gasteiger partial charge in [-0.3, -0.25) is 4.79 Å². The topological polar surface area (TPSA) is 81.1 Å². The Hall–Kier alpha value is -1.71. The molecule has 0 atom stereocenters. The van der Waals surface area contributed by atoms with Crippen molar-refractivity contribution in [3.63, 3.8) is 0 Å². The van der Waals surface area contributed by atoms with Gasteiger partial charge in [0.25, 0.3) is 5.91 Å². The van der Waals surface area contributed by atoms with Crippen molar-refractivity contribution < 1.29 is 4.79 Å². The third kappa shape index (κ3) is 3.69. The lowest BCUT2D eigenvalue weighted by Crippen LogP contribution is -2.40. The average Bonchev–Trinajstić information content (AvgIpc) is 2.27. The van der Waals surface area contributed by atoms with Crippen molar-refractivity contribution in [3.8, 4) is 0 Å². The lowest BCUT2D eigenvalue weighted by atomic mass is 9.63. The van der Waals surface area contributed by atoms with Crippen molar-refractivity contribution in [1.82, 2.24) is 0 Å². The van der Waals surface area contributed by atoms with Crippen LogP contribution in [0, 0.1) is 10.8 Å². The van der Waals surface area contributed by atoms with Gasteiger partial charge in [-0.1, -0.05) is 33.8 Å². The Kier molecular flexibility index (Phi) is 3.91. The van der Waals surface area contributed by atoms with Gasteiger partial charge < -0.3 is 16.8 Å². The van der Waals surface area contributed by atoms with Crippen molar-refractivity contribution in [2.75, 3.05) is 11.1 Å². The SMILES string of the molecule is CC1(C)CC(Nc2c(N)cccc2C(N)=O)CC(C)(C)C1. The van der Waals surface area contributed by atoms with E-state index in [9.17, 15) is 4.79 Å². The number of anilines is 2. The predicted octanol–water partition coefficient (Wildman–Crippen LogP) is 3.38. The van der Waals surface area contributed by atoms with Crippen LogP contribution >= 0.6 is 0 Å². The Morgan fingerprint density at radius 1 is 1.19 bits per heavy atom. The van der Waals surface area contributed by atoms with Crippen molar-refractivity contribution >= 4 is 17.3 Å².